The van der Waals surface area contributed by atoms with Gasteiger partial charge in [0.15, 0.2) is 0 Å². The normalized spacial score (nSPS) is 20.2. The van der Waals surface area contributed by atoms with Crippen molar-refractivity contribution in [2.75, 3.05) is 18.4 Å². The molecule has 1 amide bonds. The van der Waals surface area contributed by atoms with Crippen LogP contribution in [0.3, 0.4) is 0 Å². The van der Waals surface area contributed by atoms with E-state index >= 15 is 0 Å². The summed E-state index contributed by atoms with van der Waals surface area (Å²) in [5, 5.41) is 2.84. The van der Waals surface area contributed by atoms with Gasteiger partial charge in [0.2, 0.25) is 5.91 Å². The highest BCUT2D eigenvalue weighted by atomic mass is 32.2. The summed E-state index contributed by atoms with van der Waals surface area (Å²) in [4.78, 5) is 19.4. The molecule has 0 radical (unpaired) electrons. The van der Waals surface area contributed by atoms with Gasteiger partial charge in [0, 0.05) is 17.8 Å². The lowest BCUT2D eigenvalue weighted by Gasteiger charge is -2.15. The molecular formula is C21H24N4O3S. The summed E-state index contributed by atoms with van der Waals surface area (Å²) in [5.74, 6) is -0.0995. The predicted octanol–water partition coefficient (Wildman–Crippen LogP) is 2.35. The highest BCUT2D eigenvalue weighted by Crippen LogP contribution is 2.23. The molecule has 0 aliphatic carbocycles. The van der Waals surface area contributed by atoms with Gasteiger partial charge in [-0.25, -0.2) is 8.42 Å². The molecule has 2 heterocycles. The molecule has 0 bridgehead atoms. The van der Waals surface area contributed by atoms with Gasteiger partial charge in [0.05, 0.1) is 4.90 Å². The fourth-order valence-electron chi connectivity index (χ4n) is 3.62. The molecule has 2 aromatic rings. The van der Waals surface area contributed by atoms with E-state index in [1.165, 1.54) is 24.5 Å². The maximum Gasteiger partial charge on any atom is 0.263 e. The number of nitrogens with zero attached hydrogens (tertiary/aromatic N) is 2. The van der Waals surface area contributed by atoms with E-state index in [0.717, 1.165) is 19.6 Å². The van der Waals surface area contributed by atoms with Crippen molar-refractivity contribution >= 4 is 27.5 Å². The van der Waals surface area contributed by atoms with Gasteiger partial charge < -0.3 is 5.32 Å². The van der Waals surface area contributed by atoms with Crippen molar-refractivity contribution in [1.82, 2.24) is 9.62 Å². The zero-order valence-corrected chi connectivity index (χ0v) is 17.1. The van der Waals surface area contributed by atoms with Crippen LogP contribution in [0, 0.1) is 0 Å². The van der Waals surface area contributed by atoms with E-state index in [1.54, 1.807) is 25.1 Å². The molecule has 152 valence electrons. The van der Waals surface area contributed by atoms with Crippen LogP contribution in [-0.2, 0) is 21.4 Å². The third kappa shape index (κ3) is 4.33. The molecule has 0 aromatic heterocycles. The molecule has 8 heteroatoms. The van der Waals surface area contributed by atoms with Gasteiger partial charge in [-0.1, -0.05) is 24.3 Å². The van der Waals surface area contributed by atoms with Gasteiger partial charge in [-0.2, -0.15) is 0 Å². The number of carbonyl (C=O) groups excluding carboxylic acids is 1. The van der Waals surface area contributed by atoms with Crippen molar-refractivity contribution in [3.05, 3.63) is 59.7 Å². The lowest BCUT2D eigenvalue weighted by atomic mass is 10.2. The Labute approximate surface area is 170 Å². The van der Waals surface area contributed by atoms with Crippen molar-refractivity contribution in [2.45, 2.75) is 37.2 Å². The number of fused-ring (bicyclic) bond motifs is 1. The SMILES string of the molecule is C[C@H](N=C1NS(=O)(=O)c2ccccc21)C(=O)Nc1ccc(CN2CCCC2)cc1. The molecule has 1 saturated heterocycles. The van der Waals surface area contributed by atoms with Gasteiger partial charge in [-0.15, -0.1) is 0 Å². The summed E-state index contributed by atoms with van der Waals surface area (Å²) in [6, 6.07) is 13.7. The molecule has 0 spiro atoms. The maximum absolute atomic E-state index is 12.5. The Bertz CT molecular complexity index is 1040. The molecule has 2 N–H and O–H groups in total. The molecule has 2 aliphatic rings. The Balaban J connectivity index is 1.42. The van der Waals surface area contributed by atoms with Crippen LogP contribution in [0.5, 0.6) is 0 Å². The molecule has 0 saturated carbocycles. The lowest BCUT2D eigenvalue weighted by Crippen LogP contribution is -2.28. The van der Waals surface area contributed by atoms with E-state index in [9.17, 15) is 13.2 Å². The third-order valence-corrected chi connectivity index (χ3v) is 6.59. The number of nitrogens with one attached hydrogen (secondary N) is 2. The topological polar surface area (TPSA) is 90.9 Å². The van der Waals surface area contributed by atoms with E-state index < -0.39 is 16.1 Å². The molecule has 29 heavy (non-hydrogen) atoms. The molecule has 1 atom stereocenters. The number of amides is 1. The van der Waals surface area contributed by atoms with Crippen LogP contribution in [0.2, 0.25) is 0 Å². The average molecular weight is 413 g/mol. The molecule has 0 unspecified atom stereocenters. The average Bonchev–Trinajstić information content (AvgIpc) is 3.30. The maximum atomic E-state index is 12.5. The summed E-state index contributed by atoms with van der Waals surface area (Å²) < 4.78 is 26.8. The van der Waals surface area contributed by atoms with Crippen LogP contribution in [0.25, 0.3) is 0 Å². The van der Waals surface area contributed by atoms with Gasteiger partial charge >= 0.3 is 0 Å². The zero-order valence-electron chi connectivity index (χ0n) is 16.3. The first-order valence-corrected chi connectivity index (χ1v) is 11.2. The zero-order chi connectivity index (χ0) is 20.4. The molecular weight excluding hydrogens is 388 g/mol. The van der Waals surface area contributed by atoms with E-state index in [1.807, 2.05) is 24.3 Å². The third-order valence-electron chi connectivity index (χ3n) is 5.19. The van der Waals surface area contributed by atoms with Crippen molar-refractivity contribution in [3.63, 3.8) is 0 Å². The number of aliphatic imine (C=N–C) groups is 1. The van der Waals surface area contributed by atoms with Crippen LogP contribution in [-0.4, -0.2) is 44.2 Å². The monoisotopic (exact) mass is 412 g/mol. The van der Waals surface area contributed by atoms with Crippen molar-refractivity contribution in [3.8, 4) is 0 Å². The largest absolute Gasteiger partial charge is 0.324 e. The summed E-state index contributed by atoms with van der Waals surface area (Å²) in [5.41, 5.74) is 2.40. The number of amidine groups is 1. The van der Waals surface area contributed by atoms with E-state index in [4.69, 9.17) is 0 Å². The standard InChI is InChI=1S/C21H24N4O3S/c1-15(22-20-18-6-2-3-7-19(18)29(27,28)24-20)21(26)23-17-10-8-16(9-11-17)14-25-12-4-5-13-25/h2-3,6-11,15H,4-5,12-14H2,1H3,(H,22,24)(H,23,26)/t15-/m0/s1. The summed E-state index contributed by atoms with van der Waals surface area (Å²) in [7, 11) is -3.62. The predicted molar refractivity (Wildman–Crippen MR) is 112 cm³/mol. The first-order valence-electron chi connectivity index (χ1n) is 9.74. The number of rotatable bonds is 5. The molecule has 4 rings (SSSR count). The Morgan fingerprint density at radius 1 is 1.14 bits per heavy atom. The minimum Gasteiger partial charge on any atom is -0.324 e. The summed E-state index contributed by atoms with van der Waals surface area (Å²) in [6.07, 6.45) is 2.52. The Hall–Kier alpha value is -2.71. The van der Waals surface area contributed by atoms with Crippen molar-refractivity contribution in [1.29, 1.82) is 0 Å². The van der Waals surface area contributed by atoms with Gasteiger partial charge in [0.25, 0.3) is 10.0 Å². The van der Waals surface area contributed by atoms with E-state index in [-0.39, 0.29) is 16.6 Å². The van der Waals surface area contributed by atoms with E-state index in [0.29, 0.717) is 11.3 Å². The van der Waals surface area contributed by atoms with Crippen LogP contribution < -0.4 is 10.0 Å². The first kappa shape index (κ1) is 19.6. The van der Waals surface area contributed by atoms with Gasteiger partial charge in [0.1, 0.15) is 11.9 Å². The fourth-order valence-corrected chi connectivity index (χ4v) is 4.86. The van der Waals surface area contributed by atoms with Crippen molar-refractivity contribution in [2.24, 2.45) is 4.99 Å². The first-order chi connectivity index (χ1) is 13.9. The smallest absolute Gasteiger partial charge is 0.263 e. The van der Waals surface area contributed by atoms with Crippen LogP contribution in [0.15, 0.2) is 58.4 Å². The van der Waals surface area contributed by atoms with Crippen LogP contribution in [0.1, 0.15) is 30.9 Å². The summed E-state index contributed by atoms with van der Waals surface area (Å²) >= 11 is 0. The number of hydrogen-bond acceptors (Lipinski definition) is 5. The number of likely N-dealkylation sites (tertiary alicyclic amines) is 1. The molecule has 7 nitrogen and oxygen atoms in total. The molecule has 2 aromatic carbocycles. The number of carbonyl (C=O) groups is 1. The second-order valence-electron chi connectivity index (χ2n) is 7.42. The summed E-state index contributed by atoms with van der Waals surface area (Å²) in [6.45, 7) is 4.85. The Morgan fingerprint density at radius 3 is 2.55 bits per heavy atom. The number of hydrogen-bond donors (Lipinski definition) is 2. The highest BCUT2D eigenvalue weighted by Gasteiger charge is 2.31. The van der Waals surface area contributed by atoms with Crippen LogP contribution in [0.4, 0.5) is 5.69 Å². The highest BCUT2D eigenvalue weighted by molar-refractivity contribution is 7.90. The minimum atomic E-state index is -3.62. The van der Waals surface area contributed by atoms with Crippen molar-refractivity contribution < 1.29 is 13.2 Å². The van der Waals surface area contributed by atoms with E-state index in [2.05, 4.69) is 19.9 Å². The molecule has 1 fully saturated rings. The lowest BCUT2D eigenvalue weighted by molar-refractivity contribution is -0.117. The second kappa shape index (κ2) is 7.96. The Morgan fingerprint density at radius 2 is 1.83 bits per heavy atom. The number of anilines is 1. The Kier molecular flexibility index (Phi) is 5.38. The second-order valence-corrected chi connectivity index (χ2v) is 9.08. The number of benzene rings is 2. The van der Waals surface area contributed by atoms with Gasteiger partial charge in [-0.05, 0) is 62.7 Å². The van der Waals surface area contributed by atoms with Gasteiger partial charge in [-0.3, -0.25) is 19.4 Å². The molecule has 2 aliphatic heterocycles. The quantitative estimate of drug-likeness (QED) is 0.789. The van der Waals surface area contributed by atoms with Crippen LogP contribution >= 0.6 is 0 Å². The number of sulfonamides is 1. The minimum absolute atomic E-state index is 0.181. The fraction of sp³-hybridized carbons (Fsp3) is 0.333.